The summed E-state index contributed by atoms with van der Waals surface area (Å²) in [5.74, 6) is -3.19. The highest BCUT2D eigenvalue weighted by atomic mass is 79.9. The fraction of sp³-hybridized carbons (Fsp3) is 0.556. The molecule has 3 aliphatic carbocycles. The van der Waals surface area contributed by atoms with Gasteiger partial charge in [-0.1, -0.05) is 61.9 Å². The number of carbonyl (C=O) groups is 3. The molecule has 4 bridgehead atoms. The second kappa shape index (κ2) is 14.6. The van der Waals surface area contributed by atoms with Crippen LogP contribution >= 0.6 is 11.6 Å². The topological polar surface area (TPSA) is 121 Å². The van der Waals surface area contributed by atoms with Crippen molar-refractivity contribution in [2.45, 2.75) is 89.3 Å². The molecule has 12 heteroatoms. The fourth-order valence-electron chi connectivity index (χ4n) is 8.33. The minimum absolute atomic E-state index is 0. The molecule has 260 valence electrons. The molecule has 0 amide bonds. The Morgan fingerprint density at radius 1 is 1.25 bits per heavy atom. The molecule has 0 radical (unpaired) electrons. The van der Waals surface area contributed by atoms with Crippen molar-refractivity contribution in [3.8, 4) is 0 Å². The number of ether oxygens (including phenoxy) is 5. The van der Waals surface area contributed by atoms with Gasteiger partial charge in [-0.25, -0.2) is 14.4 Å². The number of carbonyl (C=O) groups excluding carboxylic acids is 3. The van der Waals surface area contributed by atoms with Crippen molar-refractivity contribution < 1.29 is 64.7 Å². The predicted molar refractivity (Wildman–Crippen MR) is 170 cm³/mol. The van der Waals surface area contributed by atoms with Gasteiger partial charge in [-0.15, -0.1) is 0 Å². The fourth-order valence-corrected chi connectivity index (χ4v) is 8.53. The first kappa shape index (κ1) is 36.5. The highest BCUT2D eigenvalue weighted by Gasteiger charge is 2.69. The Morgan fingerprint density at radius 2 is 2.02 bits per heavy atom. The first-order chi connectivity index (χ1) is 22.4. The Morgan fingerprint density at radius 3 is 2.71 bits per heavy atom. The average Bonchev–Trinajstić information content (AvgIpc) is 3.63. The van der Waals surface area contributed by atoms with Gasteiger partial charge >= 0.3 is 17.9 Å². The normalized spacial score (nSPS) is 38.4. The first-order valence-corrected chi connectivity index (χ1v) is 16.7. The third kappa shape index (κ3) is 6.56. The number of hydrogen-bond donors (Lipinski definition) is 1. The Balaban J connectivity index is 0.00000451. The van der Waals surface area contributed by atoms with Gasteiger partial charge in [0.1, 0.15) is 35.0 Å². The van der Waals surface area contributed by atoms with Gasteiger partial charge in [-0.3, -0.25) is 0 Å². The van der Waals surface area contributed by atoms with Crippen LogP contribution in [0.25, 0.3) is 0 Å². The molecule has 3 heterocycles. The van der Waals surface area contributed by atoms with Crippen molar-refractivity contribution in [2.24, 2.45) is 29.6 Å². The van der Waals surface area contributed by atoms with Crippen LogP contribution in [-0.2, 0) is 44.6 Å². The van der Waals surface area contributed by atoms with E-state index in [-0.39, 0.29) is 53.6 Å². The summed E-state index contributed by atoms with van der Waals surface area (Å²) in [6, 6.07) is 3.44. The predicted octanol–water partition coefficient (Wildman–Crippen LogP) is 0.841. The molecular formula is C36H43BrClNO9. The Kier molecular flexibility index (Phi) is 11.1. The third-order valence-corrected chi connectivity index (χ3v) is 10.8. The monoisotopic (exact) mass is 747 g/mol. The van der Waals surface area contributed by atoms with Crippen LogP contribution in [0.15, 0.2) is 72.1 Å². The minimum atomic E-state index is -0.997. The van der Waals surface area contributed by atoms with Gasteiger partial charge in [-0.2, -0.15) is 4.57 Å². The molecule has 1 saturated heterocycles. The molecule has 6 rings (SSSR count). The number of aliphatic hydroxyl groups excluding tert-OH is 1. The molecule has 2 fully saturated rings. The summed E-state index contributed by atoms with van der Waals surface area (Å²) >= 11 is 6.07. The summed E-state index contributed by atoms with van der Waals surface area (Å²) in [6.07, 6.45) is 11.0. The standard InChI is InChI=1S/C36H43ClNO9.BrH/c1-19-15-20(2)36-24(12-13-26-29(36)30(40)21(3)32(33(26)47-36)46-34(41)23-9-6-7-10-23)16-27(43-5)35(42)45-31(19)22(4)44-28(39)18-38-14-8-11-25(37)17-38;/h6-9,11-15,17,19,21-22,24,26-27,29-33,40H,10,16,18H2,1-5H3;1H/q+1;/p-1/b20-15+;/t19-,21-,22-,24?,26-,27+,29+,30-,31+,32-,33-,36+;/m1./s1. The number of rotatable bonds is 7. The van der Waals surface area contributed by atoms with E-state index < -0.39 is 66.1 Å². The smallest absolute Gasteiger partial charge is 0.373 e. The third-order valence-electron chi connectivity index (χ3n) is 10.6. The minimum Gasteiger partial charge on any atom is -1.00 e. The van der Waals surface area contributed by atoms with Crippen LogP contribution in [0, 0.1) is 29.6 Å². The second-order valence-electron chi connectivity index (χ2n) is 13.5. The molecule has 2 aliphatic heterocycles. The SMILES string of the molecule is CO[C@H]1CC2C=C[C@H]3[C@H]4O[C@]2(/C(C)=C/[C@@H](C)[C@@H]([C@@H](C)OC(=O)C[n+]2cccc(Cl)c2)OC1=O)[C@@H]3[C@H](O)[C@@H](C)[C@H]4OC(=O)C1=CC=CC1.[Br-]. The van der Waals surface area contributed by atoms with Crippen LogP contribution < -0.4 is 21.5 Å². The molecular weight excluding hydrogens is 706 g/mol. The molecule has 1 N–H and O–H groups in total. The number of halogens is 2. The van der Waals surface area contributed by atoms with Crippen LogP contribution in [0.4, 0.5) is 0 Å². The zero-order chi connectivity index (χ0) is 33.6. The van der Waals surface area contributed by atoms with E-state index in [1.807, 2.05) is 51.2 Å². The average molecular weight is 749 g/mol. The number of pyridine rings is 1. The van der Waals surface area contributed by atoms with Crippen molar-refractivity contribution in [2.75, 3.05) is 7.11 Å². The molecule has 10 nitrogen and oxygen atoms in total. The van der Waals surface area contributed by atoms with E-state index >= 15 is 0 Å². The Bertz CT molecular complexity index is 1540. The lowest BCUT2D eigenvalue weighted by Gasteiger charge is -2.49. The van der Waals surface area contributed by atoms with Crippen LogP contribution in [-0.4, -0.2) is 72.3 Å². The van der Waals surface area contributed by atoms with Gasteiger partial charge in [-0.05, 0) is 38.3 Å². The van der Waals surface area contributed by atoms with E-state index in [2.05, 4.69) is 0 Å². The lowest BCUT2D eigenvalue weighted by Crippen LogP contribution is -3.00. The van der Waals surface area contributed by atoms with Gasteiger partial charge in [0.25, 0.3) is 0 Å². The maximum Gasteiger partial charge on any atom is 0.373 e. The van der Waals surface area contributed by atoms with Gasteiger partial charge in [0.2, 0.25) is 6.54 Å². The van der Waals surface area contributed by atoms with Crippen molar-refractivity contribution >= 4 is 29.5 Å². The second-order valence-corrected chi connectivity index (χ2v) is 13.9. The van der Waals surface area contributed by atoms with Crippen LogP contribution in [0.1, 0.15) is 40.5 Å². The van der Waals surface area contributed by atoms with Crippen molar-refractivity contribution in [1.82, 2.24) is 0 Å². The Hall–Kier alpha value is -2.83. The lowest BCUT2D eigenvalue weighted by atomic mass is 9.57. The van der Waals surface area contributed by atoms with Gasteiger partial charge in [0.05, 0.1) is 6.10 Å². The van der Waals surface area contributed by atoms with E-state index in [4.69, 9.17) is 35.3 Å². The number of nitrogens with zero attached hydrogens (tertiary/aromatic N) is 1. The maximum atomic E-state index is 13.6. The highest BCUT2D eigenvalue weighted by Crippen LogP contribution is 2.61. The summed E-state index contributed by atoms with van der Waals surface area (Å²) in [6.45, 7) is 7.40. The number of esters is 3. The molecule has 1 aromatic rings. The number of aliphatic hydroxyl groups is 1. The summed E-state index contributed by atoms with van der Waals surface area (Å²) < 4.78 is 32.3. The number of allylic oxidation sites excluding steroid dienone is 3. The summed E-state index contributed by atoms with van der Waals surface area (Å²) in [5, 5.41) is 12.4. The van der Waals surface area contributed by atoms with Crippen LogP contribution in [0.3, 0.4) is 0 Å². The molecule has 12 atom stereocenters. The van der Waals surface area contributed by atoms with Crippen LogP contribution in [0.5, 0.6) is 0 Å². The molecule has 0 aromatic carbocycles. The van der Waals surface area contributed by atoms with Crippen molar-refractivity contribution in [1.29, 1.82) is 0 Å². The number of methoxy groups -OCH3 is 1. The largest absolute Gasteiger partial charge is 1.00 e. The summed E-state index contributed by atoms with van der Waals surface area (Å²) in [4.78, 5) is 39.7. The molecule has 5 aliphatic rings. The lowest BCUT2D eigenvalue weighted by molar-refractivity contribution is -0.686. The molecule has 48 heavy (non-hydrogen) atoms. The molecule has 1 spiro atoms. The van der Waals surface area contributed by atoms with E-state index in [1.165, 1.54) is 7.11 Å². The zero-order valence-electron chi connectivity index (χ0n) is 27.7. The molecule has 1 saturated carbocycles. The van der Waals surface area contributed by atoms with E-state index in [0.29, 0.717) is 17.0 Å². The number of hydrogen-bond acceptors (Lipinski definition) is 9. The molecule has 1 unspecified atom stereocenters. The van der Waals surface area contributed by atoms with Crippen molar-refractivity contribution in [3.63, 3.8) is 0 Å². The van der Waals surface area contributed by atoms with Crippen LogP contribution in [0.2, 0.25) is 5.02 Å². The van der Waals surface area contributed by atoms with E-state index in [1.54, 1.807) is 42.1 Å². The van der Waals surface area contributed by atoms with Gasteiger partial charge in [0.15, 0.2) is 18.5 Å². The molecule has 1 aromatic heterocycles. The number of aromatic nitrogens is 1. The van der Waals surface area contributed by atoms with E-state index in [9.17, 15) is 19.5 Å². The van der Waals surface area contributed by atoms with Gasteiger partial charge in [0, 0.05) is 48.3 Å². The first-order valence-electron chi connectivity index (χ1n) is 16.3. The van der Waals surface area contributed by atoms with Crippen molar-refractivity contribution in [3.05, 3.63) is 77.2 Å². The summed E-state index contributed by atoms with van der Waals surface area (Å²) in [5.41, 5.74) is 0.436. The van der Waals surface area contributed by atoms with E-state index in [0.717, 1.165) is 5.57 Å². The number of cyclic esters (lactones) is 1. The zero-order valence-corrected chi connectivity index (χ0v) is 30.0. The van der Waals surface area contributed by atoms with Gasteiger partial charge < -0.3 is 45.8 Å². The Labute approximate surface area is 296 Å². The summed E-state index contributed by atoms with van der Waals surface area (Å²) in [7, 11) is 1.46. The highest BCUT2D eigenvalue weighted by molar-refractivity contribution is 6.30. The quantitative estimate of drug-likeness (QED) is 0.187. The maximum absolute atomic E-state index is 13.6.